The Morgan fingerprint density at radius 1 is 0.885 bits per heavy atom. The Bertz CT molecular complexity index is 577. The molecule has 0 nitrogen and oxygen atoms in total. The molecule has 0 saturated heterocycles. The fourth-order valence-corrected chi connectivity index (χ4v) is 14.1. The first-order chi connectivity index (χ1) is 12.2. The maximum atomic E-state index is 2.80. The predicted molar refractivity (Wildman–Crippen MR) is 117 cm³/mol. The van der Waals surface area contributed by atoms with E-state index < -0.39 is 8.07 Å². The van der Waals surface area contributed by atoms with Gasteiger partial charge in [-0.3, -0.25) is 0 Å². The second-order valence-corrected chi connectivity index (χ2v) is 17.1. The van der Waals surface area contributed by atoms with E-state index in [-0.39, 0.29) is 0 Å². The van der Waals surface area contributed by atoms with Crippen LogP contribution >= 0.6 is 0 Å². The summed E-state index contributed by atoms with van der Waals surface area (Å²) >= 11 is 0. The first-order valence-electron chi connectivity index (χ1n) is 11.5. The monoisotopic (exact) mass is 370 g/mol. The van der Waals surface area contributed by atoms with Gasteiger partial charge in [0, 0.05) is 0 Å². The Hall–Kier alpha value is -0.303. The molecule has 1 heteroatoms. The lowest BCUT2D eigenvalue weighted by atomic mass is 9.66. The summed E-state index contributed by atoms with van der Waals surface area (Å²) in [5.74, 6) is 5.78. The van der Waals surface area contributed by atoms with Crippen molar-refractivity contribution in [3.63, 3.8) is 0 Å². The molecule has 0 aliphatic heterocycles. The van der Waals surface area contributed by atoms with Crippen molar-refractivity contribution in [2.45, 2.75) is 90.4 Å². The molecule has 8 atom stereocenters. The topological polar surface area (TPSA) is 0 Å². The van der Waals surface area contributed by atoms with E-state index in [2.05, 4.69) is 65.1 Å². The molecule has 0 amide bonds. The summed E-state index contributed by atoms with van der Waals surface area (Å²) in [6.07, 6.45) is 18.8. The van der Waals surface area contributed by atoms with Crippen molar-refractivity contribution < 1.29 is 0 Å². The van der Waals surface area contributed by atoms with Crippen LogP contribution < -0.4 is 0 Å². The minimum absolute atomic E-state index is 0.511. The quantitative estimate of drug-likeness (QED) is 0.437. The second kappa shape index (κ2) is 6.64. The Kier molecular flexibility index (Phi) is 4.86. The molecular weight excluding hydrogens is 328 g/mol. The Morgan fingerprint density at radius 3 is 2.35 bits per heavy atom. The number of allylic oxidation sites excluding steroid dienone is 4. The predicted octanol–water partition coefficient (Wildman–Crippen LogP) is 7.71. The number of hydrogen-bond donors (Lipinski definition) is 0. The summed E-state index contributed by atoms with van der Waals surface area (Å²) in [6.45, 7) is 15.7. The van der Waals surface area contributed by atoms with E-state index in [0.717, 1.165) is 46.6 Å². The molecule has 4 aliphatic carbocycles. The van der Waals surface area contributed by atoms with Gasteiger partial charge in [-0.15, -0.1) is 0 Å². The average Bonchev–Trinajstić information content (AvgIpc) is 3.13. The highest BCUT2D eigenvalue weighted by Gasteiger charge is 2.56. The molecule has 146 valence electrons. The van der Waals surface area contributed by atoms with Crippen molar-refractivity contribution in [2.75, 3.05) is 0 Å². The molecule has 0 aromatic heterocycles. The lowest BCUT2D eigenvalue weighted by Crippen LogP contribution is -2.45. The zero-order chi connectivity index (χ0) is 18.7. The molecule has 0 spiro atoms. The molecule has 4 rings (SSSR count). The zero-order valence-electron chi connectivity index (χ0n) is 18.2. The van der Waals surface area contributed by atoms with E-state index in [1.54, 1.807) is 0 Å². The Morgan fingerprint density at radius 2 is 1.62 bits per heavy atom. The van der Waals surface area contributed by atoms with Gasteiger partial charge in [0.1, 0.15) is 0 Å². The van der Waals surface area contributed by atoms with Crippen LogP contribution in [-0.2, 0) is 0 Å². The lowest BCUT2D eigenvalue weighted by Gasteiger charge is -2.47. The van der Waals surface area contributed by atoms with E-state index in [0.29, 0.717) is 5.41 Å². The van der Waals surface area contributed by atoms with Gasteiger partial charge in [-0.2, -0.15) is 0 Å². The summed E-state index contributed by atoms with van der Waals surface area (Å²) < 4.78 is 0. The van der Waals surface area contributed by atoms with Crippen molar-refractivity contribution in [1.82, 2.24) is 0 Å². The Labute approximate surface area is 163 Å². The number of hydrogen-bond acceptors (Lipinski definition) is 0. The fourth-order valence-electron chi connectivity index (χ4n) is 8.22. The van der Waals surface area contributed by atoms with Gasteiger partial charge in [-0.1, -0.05) is 71.5 Å². The zero-order valence-corrected chi connectivity index (χ0v) is 19.2. The van der Waals surface area contributed by atoms with E-state index in [1.165, 1.54) is 38.5 Å². The fraction of sp³-hybridized carbons (Fsp3) is 0.840. The lowest BCUT2D eigenvalue weighted by molar-refractivity contribution is 0.113. The van der Waals surface area contributed by atoms with Gasteiger partial charge in [0.2, 0.25) is 0 Å². The van der Waals surface area contributed by atoms with Crippen molar-refractivity contribution >= 4 is 8.07 Å². The second-order valence-electron chi connectivity index (χ2n) is 12.1. The van der Waals surface area contributed by atoms with Crippen molar-refractivity contribution in [3.05, 3.63) is 24.3 Å². The van der Waals surface area contributed by atoms with Crippen LogP contribution in [-0.4, -0.2) is 8.07 Å². The summed E-state index contributed by atoms with van der Waals surface area (Å²) in [7, 11) is -1.27. The standard InChI is InChI=1S/C25H42Si/c1-17-15-19-16-20(25(2,3)4)12-13-22(19)24(17)26(5,6)23-14-11-18-9-7-8-10-21(18)23/h7-10,17-24H,11-16H2,1-6H3. The molecular formula is C25H42Si. The molecule has 8 unspecified atom stereocenters. The van der Waals surface area contributed by atoms with Crippen LogP contribution in [0.15, 0.2) is 24.3 Å². The molecule has 3 saturated carbocycles. The van der Waals surface area contributed by atoms with Crippen LogP contribution in [0.2, 0.25) is 24.2 Å². The number of rotatable bonds is 2. The van der Waals surface area contributed by atoms with Gasteiger partial charge in [-0.05, 0) is 84.1 Å². The van der Waals surface area contributed by atoms with Crippen LogP contribution in [0.25, 0.3) is 0 Å². The third kappa shape index (κ3) is 3.11. The van der Waals surface area contributed by atoms with Gasteiger partial charge in [-0.25, -0.2) is 0 Å². The molecule has 0 N–H and O–H groups in total. The van der Waals surface area contributed by atoms with Gasteiger partial charge in [0.15, 0.2) is 0 Å². The third-order valence-electron chi connectivity index (χ3n) is 9.40. The highest BCUT2D eigenvalue weighted by atomic mass is 28.3. The number of fused-ring (bicyclic) bond motifs is 2. The van der Waals surface area contributed by atoms with Crippen LogP contribution in [0.4, 0.5) is 0 Å². The first kappa shape index (κ1) is 19.0. The maximum absolute atomic E-state index is 2.80. The normalized spacial score (nSPS) is 45.6. The average molecular weight is 371 g/mol. The van der Waals surface area contributed by atoms with Crippen molar-refractivity contribution in [3.8, 4) is 0 Å². The summed E-state index contributed by atoms with van der Waals surface area (Å²) in [5.41, 5.74) is 2.62. The van der Waals surface area contributed by atoms with Crippen molar-refractivity contribution in [1.29, 1.82) is 0 Å². The largest absolute Gasteiger partial charge is 0.0808 e. The highest BCUT2D eigenvalue weighted by Crippen LogP contribution is 2.63. The molecule has 0 aromatic carbocycles. The van der Waals surface area contributed by atoms with Crippen LogP contribution in [0, 0.1) is 40.9 Å². The SMILES string of the molecule is CC1CC2CC(C(C)(C)C)CCC2C1[Si](C)(C)C1CCC2C=CC=CC21. The highest BCUT2D eigenvalue weighted by molar-refractivity contribution is 6.80. The van der Waals surface area contributed by atoms with Gasteiger partial charge < -0.3 is 0 Å². The summed E-state index contributed by atoms with van der Waals surface area (Å²) in [6, 6.07) is 0. The molecule has 4 aliphatic rings. The minimum Gasteiger partial charge on any atom is -0.0808 e. The smallest absolute Gasteiger partial charge is 0.0547 e. The minimum atomic E-state index is -1.27. The molecule has 26 heavy (non-hydrogen) atoms. The molecule has 0 heterocycles. The van der Waals surface area contributed by atoms with E-state index in [1.807, 2.05) is 0 Å². The summed E-state index contributed by atoms with van der Waals surface area (Å²) in [5, 5.41) is 0. The Balaban J connectivity index is 1.54. The van der Waals surface area contributed by atoms with E-state index >= 15 is 0 Å². The molecule has 0 radical (unpaired) electrons. The van der Waals surface area contributed by atoms with Gasteiger partial charge >= 0.3 is 0 Å². The van der Waals surface area contributed by atoms with Crippen LogP contribution in [0.1, 0.15) is 66.2 Å². The van der Waals surface area contributed by atoms with E-state index in [9.17, 15) is 0 Å². The maximum Gasteiger partial charge on any atom is 0.0547 e. The van der Waals surface area contributed by atoms with Gasteiger partial charge in [0.25, 0.3) is 0 Å². The van der Waals surface area contributed by atoms with Crippen LogP contribution in [0.5, 0.6) is 0 Å². The molecule has 0 aromatic rings. The summed E-state index contributed by atoms with van der Waals surface area (Å²) in [4.78, 5) is 0. The van der Waals surface area contributed by atoms with Gasteiger partial charge in [0.05, 0.1) is 8.07 Å². The van der Waals surface area contributed by atoms with Crippen molar-refractivity contribution in [2.24, 2.45) is 40.9 Å². The molecule has 3 fully saturated rings. The van der Waals surface area contributed by atoms with Crippen LogP contribution in [0.3, 0.4) is 0 Å². The van der Waals surface area contributed by atoms with E-state index in [4.69, 9.17) is 0 Å². The first-order valence-corrected chi connectivity index (χ1v) is 14.7. The molecule has 0 bridgehead atoms. The third-order valence-corrected chi connectivity index (χ3v) is 14.7.